The molecule has 90 valence electrons. The first-order valence-electron chi connectivity index (χ1n) is 5.29. The lowest BCUT2D eigenvalue weighted by molar-refractivity contribution is 0.0874. The van der Waals surface area contributed by atoms with Crippen molar-refractivity contribution < 1.29 is 13.9 Å². The molecule has 0 heterocycles. The Hall–Kier alpha value is -1.00. The van der Waals surface area contributed by atoms with Crippen LogP contribution in [0.3, 0.4) is 0 Å². The second kappa shape index (κ2) is 6.55. The normalized spacial score (nSPS) is 13.4. The summed E-state index contributed by atoms with van der Waals surface area (Å²) in [6, 6.07) is 9.23. The first-order valence-corrected chi connectivity index (χ1v) is 5.29. The van der Waals surface area contributed by atoms with Crippen LogP contribution in [0.5, 0.6) is 0 Å². The summed E-state index contributed by atoms with van der Waals surface area (Å²) in [6.07, 6.45) is -2.44. The Balaban J connectivity index is 2.33. The van der Waals surface area contributed by atoms with Crippen LogP contribution in [-0.2, 0) is 0 Å². The van der Waals surface area contributed by atoms with Gasteiger partial charge in [0.15, 0.2) is 0 Å². The van der Waals surface area contributed by atoms with Crippen molar-refractivity contribution in [1.29, 1.82) is 0 Å². The fourth-order valence-corrected chi connectivity index (χ4v) is 1.51. The predicted molar refractivity (Wildman–Crippen MR) is 59.5 cm³/mol. The molecule has 0 spiro atoms. The van der Waals surface area contributed by atoms with Crippen molar-refractivity contribution in [3.8, 4) is 0 Å². The Morgan fingerprint density at radius 1 is 1.25 bits per heavy atom. The Morgan fingerprint density at radius 2 is 1.88 bits per heavy atom. The number of rotatable bonds is 6. The van der Waals surface area contributed by atoms with Gasteiger partial charge in [-0.05, 0) is 19.0 Å². The van der Waals surface area contributed by atoms with E-state index in [1.165, 1.54) is 4.90 Å². The van der Waals surface area contributed by atoms with Gasteiger partial charge in [0, 0.05) is 6.54 Å². The highest BCUT2D eigenvalue weighted by Crippen LogP contribution is 2.16. The van der Waals surface area contributed by atoms with E-state index in [-0.39, 0.29) is 6.54 Å². The zero-order valence-corrected chi connectivity index (χ0v) is 9.31. The molecule has 0 unspecified atom stereocenters. The summed E-state index contributed by atoms with van der Waals surface area (Å²) in [5.41, 5.74) is 0.827. The lowest BCUT2D eigenvalue weighted by Gasteiger charge is -2.18. The summed E-state index contributed by atoms with van der Waals surface area (Å²) >= 11 is 0. The third-order valence-corrected chi connectivity index (χ3v) is 2.42. The highest BCUT2D eigenvalue weighted by atomic mass is 19.3. The van der Waals surface area contributed by atoms with Crippen LogP contribution in [0.2, 0.25) is 0 Å². The van der Waals surface area contributed by atoms with Crippen LogP contribution in [0, 0.1) is 0 Å². The van der Waals surface area contributed by atoms with Crippen LogP contribution in [0.4, 0.5) is 8.78 Å². The topological polar surface area (TPSA) is 23.5 Å². The van der Waals surface area contributed by atoms with Crippen LogP contribution in [0.25, 0.3) is 0 Å². The van der Waals surface area contributed by atoms with Gasteiger partial charge >= 0.3 is 0 Å². The summed E-state index contributed by atoms with van der Waals surface area (Å²) < 4.78 is 24.1. The molecule has 0 fully saturated rings. The van der Waals surface area contributed by atoms with Gasteiger partial charge in [-0.15, -0.1) is 0 Å². The largest absolute Gasteiger partial charge is 0.388 e. The molecule has 0 bridgehead atoms. The minimum absolute atomic E-state index is 0.249. The van der Waals surface area contributed by atoms with Gasteiger partial charge in [0.2, 0.25) is 0 Å². The molecule has 1 rings (SSSR count). The van der Waals surface area contributed by atoms with E-state index < -0.39 is 12.5 Å². The molecular weight excluding hydrogens is 212 g/mol. The summed E-state index contributed by atoms with van der Waals surface area (Å²) in [5.74, 6) is 0. The molecule has 0 saturated carbocycles. The van der Waals surface area contributed by atoms with Gasteiger partial charge in [-0.2, -0.15) is 0 Å². The maximum atomic E-state index is 12.0. The fourth-order valence-electron chi connectivity index (χ4n) is 1.51. The number of halogens is 2. The van der Waals surface area contributed by atoms with Crippen LogP contribution < -0.4 is 0 Å². The molecule has 16 heavy (non-hydrogen) atoms. The second-order valence-electron chi connectivity index (χ2n) is 3.87. The molecule has 0 radical (unpaired) electrons. The summed E-state index contributed by atoms with van der Waals surface area (Å²) in [6.45, 7) is 0.210. The summed E-state index contributed by atoms with van der Waals surface area (Å²) in [5, 5.41) is 9.79. The van der Waals surface area contributed by atoms with Crippen molar-refractivity contribution in [2.45, 2.75) is 19.0 Å². The van der Waals surface area contributed by atoms with Crippen molar-refractivity contribution in [2.24, 2.45) is 0 Å². The Morgan fingerprint density at radius 3 is 2.44 bits per heavy atom. The Kier molecular flexibility index (Phi) is 5.35. The number of aliphatic hydroxyl groups is 1. The highest BCUT2D eigenvalue weighted by molar-refractivity contribution is 5.17. The first-order chi connectivity index (χ1) is 7.59. The van der Waals surface area contributed by atoms with E-state index in [1.54, 1.807) is 7.05 Å². The number of alkyl halides is 2. The molecule has 0 saturated heterocycles. The van der Waals surface area contributed by atoms with Gasteiger partial charge in [-0.1, -0.05) is 30.3 Å². The van der Waals surface area contributed by atoms with E-state index in [9.17, 15) is 13.9 Å². The molecule has 1 N–H and O–H groups in total. The standard InChI is InChI=1S/C12H17F2NO/c1-15(9-12(13)14)8-7-11(16)10-5-3-2-4-6-10/h2-6,11-12,16H,7-9H2,1H3/t11-/m1/s1. The Labute approximate surface area is 94.5 Å². The fraction of sp³-hybridized carbons (Fsp3) is 0.500. The van der Waals surface area contributed by atoms with Crippen molar-refractivity contribution in [2.75, 3.05) is 20.1 Å². The maximum absolute atomic E-state index is 12.0. The van der Waals surface area contributed by atoms with Gasteiger partial charge in [-0.25, -0.2) is 8.78 Å². The average Bonchev–Trinajstić information content (AvgIpc) is 2.26. The van der Waals surface area contributed by atoms with Gasteiger partial charge in [0.25, 0.3) is 6.43 Å². The predicted octanol–water partition coefficient (Wildman–Crippen LogP) is 2.31. The molecule has 1 aromatic rings. The number of benzene rings is 1. The minimum Gasteiger partial charge on any atom is -0.388 e. The lowest BCUT2D eigenvalue weighted by Crippen LogP contribution is -2.26. The van der Waals surface area contributed by atoms with Crippen LogP contribution in [0.15, 0.2) is 30.3 Å². The minimum atomic E-state index is -2.32. The van der Waals surface area contributed by atoms with E-state index in [4.69, 9.17) is 0 Å². The average molecular weight is 229 g/mol. The first kappa shape index (κ1) is 13.1. The number of nitrogens with zero attached hydrogens (tertiary/aromatic N) is 1. The monoisotopic (exact) mass is 229 g/mol. The Bertz CT molecular complexity index is 292. The molecule has 0 aliphatic heterocycles. The van der Waals surface area contributed by atoms with E-state index in [2.05, 4.69) is 0 Å². The SMILES string of the molecule is CN(CC[C@@H](O)c1ccccc1)CC(F)F. The number of hydrogen-bond donors (Lipinski definition) is 1. The summed E-state index contributed by atoms with van der Waals surface area (Å²) in [7, 11) is 1.63. The lowest BCUT2D eigenvalue weighted by atomic mass is 10.1. The molecule has 1 atom stereocenters. The number of hydrogen-bond acceptors (Lipinski definition) is 2. The third kappa shape index (κ3) is 4.68. The second-order valence-corrected chi connectivity index (χ2v) is 3.87. The van der Waals surface area contributed by atoms with Gasteiger partial charge in [0.1, 0.15) is 0 Å². The molecule has 2 nitrogen and oxygen atoms in total. The van der Waals surface area contributed by atoms with Gasteiger partial charge < -0.3 is 10.0 Å². The van der Waals surface area contributed by atoms with Crippen molar-refractivity contribution in [1.82, 2.24) is 4.90 Å². The zero-order valence-electron chi connectivity index (χ0n) is 9.31. The van der Waals surface area contributed by atoms with Crippen LogP contribution >= 0.6 is 0 Å². The van der Waals surface area contributed by atoms with Crippen LogP contribution in [-0.4, -0.2) is 36.6 Å². The van der Waals surface area contributed by atoms with Crippen molar-refractivity contribution >= 4 is 0 Å². The van der Waals surface area contributed by atoms with E-state index in [0.29, 0.717) is 13.0 Å². The molecule has 4 heteroatoms. The molecule has 0 aliphatic carbocycles. The molecular formula is C12H17F2NO. The molecule has 0 aliphatic rings. The third-order valence-electron chi connectivity index (χ3n) is 2.42. The number of aliphatic hydroxyl groups excluding tert-OH is 1. The smallest absolute Gasteiger partial charge is 0.251 e. The van der Waals surface area contributed by atoms with Crippen molar-refractivity contribution in [3.05, 3.63) is 35.9 Å². The maximum Gasteiger partial charge on any atom is 0.251 e. The van der Waals surface area contributed by atoms with E-state index in [0.717, 1.165) is 5.56 Å². The molecule has 0 aromatic heterocycles. The van der Waals surface area contributed by atoms with Crippen molar-refractivity contribution in [3.63, 3.8) is 0 Å². The molecule has 1 aromatic carbocycles. The van der Waals surface area contributed by atoms with E-state index in [1.807, 2.05) is 30.3 Å². The van der Waals surface area contributed by atoms with E-state index >= 15 is 0 Å². The highest BCUT2D eigenvalue weighted by Gasteiger charge is 2.11. The molecule has 0 amide bonds. The van der Waals surface area contributed by atoms with Gasteiger partial charge in [-0.3, -0.25) is 0 Å². The van der Waals surface area contributed by atoms with Gasteiger partial charge in [0.05, 0.1) is 12.6 Å². The summed E-state index contributed by atoms with van der Waals surface area (Å²) in [4.78, 5) is 1.52. The quantitative estimate of drug-likeness (QED) is 0.809. The van der Waals surface area contributed by atoms with Crippen LogP contribution in [0.1, 0.15) is 18.1 Å². The zero-order chi connectivity index (χ0) is 12.0.